The smallest absolute Gasteiger partial charge is 0.308 e. The SMILES string of the molecule is C=S(=O)(Nc1cccc2c1C(=O)C(CC1C=CC=C(C#N)C1)=CC2=O)c1ccc(C(F)(F)F)cc1. The third-order valence-electron chi connectivity index (χ3n) is 5.78. The number of hydrogen-bond acceptors (Lipinski definition) is 4. The highest BCUT2D eigenvalue weighted by Gasteiger charge is 2.32. The van der Waals surface area contributed by atoms with Crippen LogP contribution in [0.3, 0.4) is 0 Å². The van der Waals surface area contributed by atoms with Gasteiger partial charge in [-0.3, -0.25) is 9.59 Å². The van der Waals surface area contributed by atoms with E-state index in [-0.39, 0.29) is 45.4 Å². The van der Waals surface area contributed by atoms with Crippen molar-refractivity contribution in [3.05, 3.63) is 94.6 Å². The van der Waals surface area contributed by atoms with Crippen LogP contribution in [0.15, 0.2) is 82.8 Å². The van der Waals surface area contributed by atoms with E-state index in [0.717, 1.165) is 24.3 Å². The molecule has 4 rings (SSSR count). The Kier molecular flexibility index (Phi) is 6.26. The average Bonchev–Trinajstić information content (AvgIpc) is 2.82. The molecule has 35 heavy (non-hydrogen) atoms. The standard InChI is InChI=1S/C26H19F3N2O3S/c1-35(34,20-10-8-19(9-11-20)26(27,28)29)31-22-7-3-6-21-23(32)14-18(25(33)24(21)22)13-16-4-2-5-17(12-16)15-30/h2-11,14,16H,1,12-13H2,(H,31,34). The van der Waals surface area contributed by atoms with Crippen molar-refractivity contribution in [1.29, 1.82) is 5.26 Å². The molecule has 2 aromatic carbocycles. The number of hydrogen-bond donors (Lipinski definition) is 1. The van der Waals surface area contributed by atoms with Crippen LogP contribution in [-0.2, 0) is 15.9 Å². The summed E-state index contributed by atoms with van der Waals surface area (Å²) in [6.07, 6.45) is 2.73. The third kappa shape index (κ3) is 4.98. The van der Waals surface area contributed by atoms with Crippen LogP contribution < -0.4 is 4.72 Å². The second-order valence-electron chi connectivity index (χ2n) is 8.25. The Labute approximate surface area is 200 Å². The highest BCUT2D eigenvalue weighted by Crippen LogP contribution is 2.34. The van der Waals surface area contributed by atoms with E-state index in [4.69, 9.17) is 5.26 Å². The molecular weight excluding hydrogens is 477 g/mol. The van der Waals surface area contributed by atoms with Crippen molar-refractivity contribution in [2.45, 2.75) is 23.9 Å². The number of halogens is 3. The molecule has 0 amide bonds. The first kappa shape index (κ1) is 24.2. The Bertz CT molecular complexity index is 1460. The van der Waals surface area contributed by atoms with E-state index in [1.54, 1.807) is 12.2 Å². The van der Waals surface area contributed by atoms with Crippen molar-refractivity contribution in [2.24, 2.45) is 5.92 Å². The first-order valence-corrected chi connectivity index (χ1v) is 12.2. The molecule has 0 aromatic heterocycles. The van der Waals surface area contributed by atoms with Gasteiger partial charge in [0.1, 0.15) is 0 Å². The number of Topliss-reactive ketones (excluding diaryl/α,β-unsaturated/α-hetero) is 1. The Morgan fingerprint density at radius 2 is 1.86 bits per heavy atom. The lowest BCUT2D eigenvalue weighted by Gasteiger charge is -2.23. The van der Waals surface area contributed by atoms with Gasteiger partial charge in [0, 0.05) is 21.6 Å². The van der Waals surface area contributed by atoms with Gasteiger partial charge in [0.2, 0.25) is 0 Å². The molecule has 2 unspecified atom stereocenters. The highest BCUT2D eigenvalue weighted by atomic mass is 32.2. The number of benzene rings is 2. The van der Waals surface area contributed by atoms with Crippen LogP contribution >= 0.6 is 0 Å². The zero-order valence-electron chi connectivity index (χ0n) is 18.3. The molecule has 2 aliphatic rings. The van der Waals surface area contributed by atoms with Gasteiger partial charge in [0.25, 0.3) is 0 Å². The van der Waals surface area contributed by atoms with Crippen LogP contribution in [0.2, 0.25) is 0 Å². The zero-order chi connectivity index (χ0) is 25.4. The van der Waals surface area contributed by atoms with Crippen LogP contribution in [0.25, 0.3) is 0 Å². The van der Waals surface area contributed by atoms with Crippen molar-refractivity contribution in [3.8, 4) is 6.07 Å². The number of rotatable bonds is 5. The monoisotopic (exact) mass is 496 g/mol. The number of nitriles is 1. The van der Waals surface area contributed by atoms with Gasteiger partial charge in [0.05, 0.1) is 32.6 Å². The summed E-state index contributed by atoms with van der Waals surface area (Å²) in [6.45, 7) is 0. The number of nitrogens with zero attached hydrogens (tertiary/aromatic N) is 1. The number of nitrogens with one attached hydrogen (secondary N) is 1. The summed E-state index contributed by atoms with van der Waals surface area (Å²) in [4.78, 5) is 26.2. The topological polar surface area (TPSA) is 87.0 Å². The molecule has 0 aliphatic heterocycles. The Hall–Kier alpha value is -3.90. The number of fused-ring (bicyclic) bond motifs is 1. The van der Waals surface area contributed by atoms with E-state index in [1.807, 2.05) is 6.08 Å². The van der Waals surface area contributed by atoms with E-state index in [2.05, 4.69) is 16.7 Å². The normalized spacial score (nSPS) is 19.2. The van der Waals surface area contributed by atoms with Gasteiger partial charge in [-0.25, -0.2) is 4.21 Å². The molecule has 2 atom stereocenters. The molecule has 0 saturated heterocycles. The van der Waals surface area contributed by atoms with E-state index in [0.29, 0.717) is 12.0 Å². The molecule has 0 heterocycles. The lowest BCUT2D eigenvalue weighted by atomic mass is 9.82. The molecular formula is C26H19F3N2O3S. The molecule has 178 valence electrons. The minimum Gasteiger partial charge on any atom is -0.308 e. The van der Waals surface area contributed by atoms with Crippen LogP contribution in [0, 0.1) is 17.2 Å². The molecule has 9 heteroatoms. The summed E-state index contributed by atoms with van der Waals surface area (Å²) in [5.41, 5.74) is 0.204. The maximum Gasteiger partial charge on any atom is 0.416 e. The minimum atomic E-state index is -4.54. The fourth-order valence-electron chi connectivity index (χ4n) is 4.05. The Balaban J connectivity index is 1.63. The zero-order valence-corrected chi connectivity index (χ0v) is 19.1. The predicted octanol–water partition coefficient (Wildman–Crippen LogP) is 5.53. The van der Waals surface area contributed by atoms with Crippen LogP contribution in [0.1, 0.15) is 39.1 Å². The van der Waals surface area contributed by atoms with Gasteiger partial charge in [0.15, 0.2) is 11.6 Å². The van der Waals surface area contributed by atoms with E-state index in [9.17, 15) is 27.0 Å². The third-order valence-corrected chi connectivity index (χ3v) is 7.36. The van der Waals surface area contributed by atoms with Crippen molar-refractivity contribution in [2.75, 3.05) is 4.72 Å². The number of allylic oxidation sites excluding steroid dienone is 6. The second kappa shape index (κ2) is 9.04. The van der Waals surface area contributed by atoms with Crippen LogP contribution in [-0.4, -0.2) is 21.6 Å². The first-order chi connectivity index (χ1) is 16.5. The van der Waals surface area contributed by atoms with E-state index in [1.165, 1.54) is 24.3 Å². The summed E-state index contributed by atoms with van der Waals surface area (Å²) in [7, 11) is -3.36. The summed E-state index contributed by atoms with van der Waals surface area (Å²) in [6, 6.07) is 10.3. The Morgan fingerprint density at radius 1 is 1.14 bits per heavy atom. The molecule has 0 fully saturated rings. The quantitative estimate of drug-likeness (QED) is 0.552. The summed E-state index contributed by atoms with van der Waals surface area (Å²) in [5, 5.41) is 9.15. The van der Waals surface area contributed by atoms with Crippen LogP contribution in [0.5, 0.6) is 0 Å². The highest BCUT2D eigenvalue weighted by molar-refractivity contribution is 8.01. The van der Waals surface area contributed by atoms with Gasteiger partial charge in [-0.15, -0.1) is 0 Å². The molecule has 2 aliphatic carbocycles. The summed E-state index contributed by atoms with van der Waals surface area (Å²) < 4.78 is 54.6. The fourth-order valence-corrected chi connectivity index (χ4v) is 5.27. The molecule has 0 spiro atoms. The number of ketones is 2. The number of alkyl halides is 3. The fraction of sp³-hybridized carbons (Fsp3) is 0.154. The van der Waals surface area contributed by atoms with Crippen LogP contribution in [0.4, 0.5) is 18.9 Å². The first-order valence-electron chi connectivity index (χ1n) is 10.5. The van der Waals surface area contributed by atoms with Gasteiger partial charge in [-0.2, -0.15) is 18.4 Å². The average molecular weight is 497 g/mol. The number of carbonyl (C=O) groups excluding carboxylic acids is 2. The molecule has 5 nitrogen and oxygen atoms in total. The molecule has 0 bridgehead atoms. The second-order valence-corrected chi connectivity index (χ2v) is 10.3. The van der Waals surface area contributed by atoms with E-state index >= 15 is 0 Å². The van der Waals surface area contributed by atoms with Gasteiger partial charge >= 0.3 is 6.18 Å². The van der Waals surface area contributed by atoms with Gasteiger partial charge < -0.3 is 4.72 Å². The van der Waals surface area contributed by atoms with Crippen molar-refractivity contribution < 1.29 is 27.0 Å². The number of anilines is 1. The minimum absolute atomic E-state index is 0.0108. The van der Waals surface area contributed by atoms with Crippen molar-refractivity contribution in [3.63, 3.8) is 0 Å². The van der Waals surface area contributed by atoms with Gasteiger partial charge in [-0.1, -0.05) is 24.3 Å². The summed E-state index contributed by atoms with van der Waals surface area (Å²) >= 11 is 0. The number of carbonyl (C=O) groups is 2. The molecule has 2 aromatic rings. The molecule has 0 radical (unpaired) electrons. The molecule has 1 N–H and O–H groups in total. The Morgan fingerprint density at radius 3 is 2.51 bits per heavy atom. The maximum atomic E-state index is 13.4. The van der Waals surface area contributed by atoms with Gasteiger partial charge in [-0.05, 0) is 67.1 Å². The van der Waals surface area contributed by atoms with E-state index < -0.39 is 27.2 Å². The predicted molar refractivity (Wildman–Crippen MR) is 127 cm³/mol. The lowest BCUT2D eigenvalue weighted by Crippen LogP contribution is -2.23. The lowest BCUT2D eigenvalue weighted by molar-refractivity contribution is -0.137. The maximum absolute atomic E-state index is 13.4. The largest absolute Gasteiger partial charge is 0.416 e. The summed E-state index contributed by atoms with van der Waals surface area (Å²) in [5.74, 6) is 2.68. The van der Waals surface area contributed by atoms with Crippen molar-refractivity contribution in [1.82, 2.24) is 0 Å². The van der Waals surface area contributed by atoms with Crippen molar-refractivity contribution >= 4 is 32.8 Å². The molecule has 0 saturated carbocycles.